The van der Waals surface area contributed by atoms with Gasteiger partial charge in [0.15, 0.2) is 0 Å². The number of carbonyl (C=O) groups excluding carboxylic acids is 1. The van der Waals surface area contributed by atoms with Crippen molar-refractivity contribution >= 4 is 11.6 Å². The van der Waals surface area contributed by atoms with Crippen LogP contribution < -0.4 is 10.6 Å². The third-order valence-electron chi connectivity index (χ3n) is 3.91. The fourth-order valence-corrected chi connectivity index (χ4v) is 2.37. The zero-order valence-corrected chi connectivity index (χ0v) is 11.5. The third-order valence-corrected chi connectivity index (χ3v) is 3.91. The molecule has 3 N–H and O–H groups in total. The fraction of sp³-hybridized carbons (Fsp3) is 0.533. The van der Waals surface area contributed by atoms with Crippen LogP contribution in [0, 0.1) is 5.92 Å². The molecule has 1 aliphatic rings. The van der Waals surface area contributed by atoms with Gasteiger partial charge in [-0.15, -0.1) is 0 Å². The summed E-state index contributed by atoms with van der Waals surface area (Å²) in [6.45, 7) is 4.77. The average molecular weight is 262 g/mol. The van der Waals surface area contributed by atoms with Gasteiger partial charge in [-0.2, -0.15) is 0 Å². The molecule has 3 atom stereocenters. The van der Waals surface area contributed by atoms with Crippen LogP contribution in [0.4, 0.5) is 5.69 Å². The largest absolute Gasteiger partial charge is 0.396 e. The number of anilines is 1. The van der Waals surface area contributed by atoms with E-state index in [1.807, 2.05) is 38.1 Å². The van der Waals surface area contributed by atoms with Crippen molar-refractivity contribution in [2.24, 2.45) is 5.92 Å². The molecular formula is C15H22N2O2. The minimum absolute atomic E-state index is 0.0143. The Morgan fingerprint density at radius 2 is 2.21 bits per heavy atom. The number of nitrogens with one attached hydrogen (secondary N) is 2. The summed E-state index contributed by atoms with van der Waals surface area (Å²) in [6.07, 6.45) is 0.809. The number of aliphatic hydroxyl groups excluding tert-OH is 1. The minimum atomic E-state index is -0.0919. The Morgan fingerprint density at radius 1 is 1.47 bits per heavy atom. The number of rotatable bonds is 4. The van der Waals surface area contributed by atoms with Crippen molar-refractivity contribution in [2.75, 3.05) is 18.5 Å². The summed E-state index contributed by atoms with van der Waals surface area (Å²) in [7, 11) is 0. The van der Waals surface area contributed by atoms with Crippen LogP contribution in [0.3, 0.4) is 0 Å². The van der Waals surface area contributed by atoms with Gasteiger partial charge < -0.3 is 15.7 Å². The van der Waals surface area contributed by atoms with Gasteiger partial charge >= 0.3 is 0 Å². The van der Waals surface area contributed by atoms with Crippen LogP contribution in [-0.2, 0) is 4.79 Å². The second kappa shape index (κ2) is 6.06. The van der Waals surface area contributed by atoms with Crippen LogP contribution in [0.15, 0.2) is 24.3 Å². The number of para-hydroxylation sites is 1. The first kappa shape index (κ1) is 13.9. The molecule has 0 fully saturated rings. The smallest absolute Gasteiger partial charge is 0.227 e. The molecule has 0 bridgehead atoms. The second-order valence-corrected chi connectivity index (χ2v) is 5.31. The number of carbonyl (C=O) groups is 1. The molecule has 1 heterocycles. The highest BCUT2D eigenvalue weighted by molar-refractivity contribution is 5.86. The molecule has 104 valence electrons. The minimum Gasteiger partial charge on any atom is -0.396 e. The lowest BCUT2D eigenvalue weighted by atomic mass is 9.89. The van der Waals surface area contributed by atoms with Gasteiger partial charge in [0.05, 0.1) is 5.92 Å². The number of benzene rings is 1. The monoisotopic (exact) mass is 262 g/mol. The zero-order chi connectivity index (χ0) is 13.8. The van der Waals surface area contributed by atoms with Gasteiger partial charge in [0, 0.05) is 24.9 Å². The van der Waals surface area contributed by atoms with E-state index in [4.69, 9.17) is 5.11 Å². The Bertz CT molecular complexity index is 448. The van der Waals surface area contributed by atoms with Crippen molar-refractivity contribution in [2.45, 2.75) is 32.2 Å². The summed E-state index contributed by atoms with van der Waals surface area (Å²) < 4.78 is 0. The third kappa shape index (κ3) is 3.07. The van der Waals surface area contributed by atoms with Gasteiger partial charge in [-0.25, -0.2) is 0 Å². The molecule has 1 amide bonds. The Kier molecular flexibility index (Phi) is 4.43. The summed E-state index contributed by atoms with van der Waals surface area (Å²) in [5, 5.41) is 15.5. The quantitative estimate of drug-likeness (QED) is 0.774. The Hall–Kier alpha value is -1.55. The van der Waals surface area contributed by atoms with E-state index in [0.29, 0.717) is 0 Å². The molecule has 0 aliphatic carbocycles. The molecule has 1 aliphatic heterocycles. The highest BCUT2D eigenvalue weighted by Crippen LogP contribution is 2.31. The lowest BCUT2D eigenvalue weighted by molar-refractivity contribution is -0.123. The highest BCUT2D eigenvalue weighted by atomic mass is 16.3. The number of fused-ring (bicyclic) bond motifs is 1. The predicted octanol–water partition coefficient (Wildman–Crippen LogP) is 1.72. The van der Waals surface area contributed by atoms with E-state index >= 15 is 0 Å². The standard InChI is InChI=1S/C15H22N2O2/c1-10(9-18)11(2)17-15(19)13-7-8-16-14-6-4-3-5-12(13)14/h3-6,10-11,13,16,18H,7-9H2,1-2H3,(H,17,19). The van der Waals surface area contributed by atoms with E-state index < -0.39 is 0 Å². The van der Waals surface area contributed by atoms with E-state index in [2.05, 4.69) is 10.6 Å². The SMILES string of the molecule is CC(CO)C(C)NC(=O)C1CCNc2ccccc21. The molecule has 4 heteroatoms. The second-order valence-electron chi connectivity index (χ2n) is 5.31. The van der Waals surface area contributed by atoms with Crippen LogP contribution in [0.5, 0.6) is 0 Å². The van der Waals surface area contributed by atoms with Crippen LogP contribution in [-0.4, -0.2) is 30.2 Å². The first-order valence-electron chi connectivity index (χ1n) is 6.87. The van der Waals surface area contributed by atoms with Crippen molar-refractivity contribution in [3.8, 4) is 0 Å². The molecule has 1 aromatic rings. The van der Waals surface area contributed by atoms with Crippen LogP contribution >= 0.6 is 0 Å². The van der Waals surface area contributed by atoms with Gasteiger partial charge in [0.2, 0.25) is 5.91 Å². The maximum absolute atomic E-state index is 12.4. The lowest BCUT2D eigenvalue weighted by Crippen LogP contribution is -2.42. The maximum Gasteiger partial charge on any atom is 0.227 e. The molecule has 0 aromatic heterocycles. The molecule has 1 aromatic carbocycles. The average Bonchev–Trinajstić information content (AvgIpc) is 2.45. The van der Waals surface area contributed by atoms with E-state index in [0.717, 1.165) is 24.2 Å². The van der Waals surface area contributed by atoms with E-state index in [1.165, 1.54) is 0 Å². The van der Waals surface area contributed by atoms with Crippen LogP contribution in [0.1, 0.15) is 31.7 Å². The predicted molar refractivity (Wildman–Crippen MR) is 76.1 cm³/mol. The zero-order valence-electron chi connectivity index (χ0n) is 11.5. The number of hydrogen-bond acceptors (Lipinski definition) is 3. The summed E-state index contributed by atoms with van der Waals surface area (Å²) in [4.78, 5) is 12.4. The van der Waals surface area contributed by atoms with E-state index in [-0.39, 0.29) is 30.4 Å². The molecule has 4 nitrogen and oxygen atoms in total. The fourth-order valence-electron chi connectivity index (χ4n) is 2.37. The highest BCUT2D eigenvalue weighted by Gasteiger charge is 2.27. The summed E-state index contributed by atoms with van der Waals surface area (Å²) in [5.74, 6) is 0.0356. The Labute approximate surface area is 114 Å². The number of hydrogen-bond donors (Lipinski definition) is 3. The Balaban J connectivity index is 2.09. The van der Waals surface area contributed by atoms with Crippen molar-refractivity contribution in [3.63, 3.8) is 0 Å². The molecule has 0 saturated carbocycles. The summed E-state index contributed by atoms with van der Waals surface area (Å²) >= 11 is 0. The topological polar surface area (TPSA) is 61.4 Å². The van der Waals surface area contributed by atoms with Gasteiger partial charge in [-0.05, 0) is 30.9 Å². The first-order chi connectivity index (χ1) is 9.13. The van der Waals surface area contributed by atoms with Gasteiger partial charge in [0.25, 0.3) is 0 Å². The lowest BCUT2D eigenvalue weighted by Gasteiger charge is -2.28. The van der Waals surface area contributed by atoms with Crippen molar-refractivity contribution in [1.82, 2.24) is 5.32 Å². The molecule has 0 radical (unpaired) electrons. The Morgan fingerprint density at radius 3 is 2.95 bits per heavy atom. The van der Waals surface area contributed by atoms with Crippen molar-refractivity contribution in [3.05, 3.63) is 29.8 Å². The van der Waals surface area contributed by atoms with Crippen molar-refractivity contribution < 1.29 is 9.90 Å². The molecule has 19 heavy (non-hydrogen) atoms. The number of amides is 1. The summed E-state index contributed by atoms with van der Waals surface area (Å²) in [6, 6.07) is 7.94. The van der Waals surface area contributed by atoms with Crippen LogP contribution in [0.2, 0.25) is 0 Å². The number of aliphatic hydroxyl groups is 1. The van der Waals surface area contributed by atoms with E-state index in [1.54, 1.807) is 0 Å². The maximum atomic E-state index is 12.4. The molecule has 3 unspecified atom stereocenters. The first-order valence-corrected chi connectivity index (χ1v) is 6.87. The molecule has 2 rings (SSSR count). The van der Waals surface area contributed by atoms with E-state index in [9.17, 15) is 4.79 Å². The van der Waals surface area contributed by atoms with Crippen LogP contribution in [0.25, 0.3) is 0 Å². The van der Waals surface area contributed by atoms with Gasteiger partial charge in [0.1, 0.15) is 0 Å². The van der Waals surface area contributed by atoms with Gasteiger partial charge in [-0.3, -0.25) is 4.79 Å². The molecule has 0 saturated heterocycles. The van der Waals surface area contributed by atoms with Gasteiger partial charge in [-0.1, -0.05) is 25.1 Å². The molecule has 0 spiro atoms. The van der Waals surface area contributed by atoms with Crippen molar-refractivity contribution in [1.29, 1.82) is 0 Å². The normalized spacial score (nSPS) is 20.9. The summed E-state index contributed by atoms with van der Waals surface area (Å²) in [5.41, 5.74) is 2.12. The molecular weight excluding hydrogens is 240 g/mol.